The lowest BCUT2D eigenvalue weighted by Crippen LogP contribution is -2.42. The molecule has 20 heavy (non-hydrogen) atoms. The molecular weight excluding hydrogens is 252 g/mol. The first-order valence-corrected chi connectivity index (χ1v) is 8.16. The van der Waals surface area contributed by atoms with Gasteiger partial charge in [-0.15, -0.1) is 0 Å². The molecule has 7 atom stereocenters. The molecule has 4 aliphatic carbocycles. The summed E-state index contributed by atoms with van der Waals surface area (Å²) in [5.74, 6) is 3.47. The number of esters is 1. The highest BCUT2D eigenvalue weighted by Crippen LogP contribution is 2.71. The van der Waals surface area contributed by atoms with Crippen molar-refractivity contribution in [1.82, 2.24) is 0 Å². The fourth-order valence-electron chi connectivity index (χ4n) is 5.89. The van der Waals surface area contributed by atoms with Crippen LogP contribution in [0.15, 0.2) is 12.2 Å². The second-order valence-corrected chi connectivity index (χ2v) is 7.14. The molecule has 0 aromatic rings. The van der Waals surface area contributed by atoms with Crippen LogP contribution in [0.1, 0.15) is 39.5 Å². The number of carbonyl (C=O) groups excluding carboxylic acids is 1. The van der Waals surface area contributed by atoms with Crippen LogP contribution < -0.4 is 0 Å². The largest absolute Gasteiger partial charge is 0.436 e. The average molecular weight is 276 g/mol. The van der Waals surface area contributed by atoms with Crippen molar-refractivity contribution in [2.45, 2.75) is 45.8 Å². The number of carbonyl (C=O) groups is 1. The minimum absolute atomic E-state index is 0.0226. The zero-order valence-electron chi connectivity index (χ0n) is 12.4. The van der Waals surface area contributed by atoms with Crippen LogP contribution in [0.3, 0.4) is 0 Å². The van der Waals surface area contributed by atoms with Crippen molar-refractivity contribution in [2.24, 2.45) is 35.0 Å². The maximum Gasteiger partial charge on any atom is 0.314 e. The van der Waals surface area contributed by atoms with Crippen LogP contribution in [0, 0.1) is 35.0 Å². The minimum atomic E-state index is -0.408. The first-order valence-electron chi connectivity index (χ1n) is 8.16. The minimum Gasteiger partial charge on any atom is -0.436 e. The summed E-state index contributed by atoms with van der Waals surface area (Å²) in [5, 5.41) is 0. The van der Waals surface area contributed by atoms with Crippen LogP contribution in [-0.4, -0.2) is 18.9 Å². The van der Waals surface area contributed by atoms with E-state index in [2.05, 4.69) is 12.2 Å². The fraction of sp³-hybridized carbons (Fsp3) is 0.824. The van der Waals surface area contributed by atoms with E-state index in [1.807, 2.05) is 13.8 Å². The van der Waals surface area contributed by atoms with Crippen LogP contribution in [0.5, 0.6) is 0 Å². The Morgan fingerprint density at radius 3 is 3.00 bits per heavy atom. The van der Waals surface area contributed by atoms with E-state index in [-0.39, 0.29) is 11.4 Å². The Bertz CT molecular complexity index is 457. The molecule has 0 spiro atoms. The Hall–Kier alpha value is -0.830. The maximum atomic E-state index is 12.8. The zero-order chi connectivity index (χ0) is 13.9. The van der Waals surface area contributed by atoms with Gasteiger partial charge in [-0.1, -0.05) is 12.2 Å². The van der Waals surface area contributed by atoms with E-state index >= 15 is 0 Å². The second kappa shape index (κ2) is 4.33. The Kier molecular flexibility index (Phi) is 2.79. The third kappa shape index (κ3) is 1.53. The molecule has 0 aromatic heterocycles. The van der Waals surface area contributed by atoms with Crippen LogP contribution in [0.25, 0.3) is 0 Å². The van der Waals surface area contributed by atoms with Crippen molar-refractivity contribution in [1.29, 1.82) is 0 Å². The highest BCUT2D eigenvalue weighted by Gasteiger charge is 2.68. The number of rotatable bonds is 4. The predicted octanol–water partition coefficient (Wildman–Crippen LogP) is 3.15. The molecule has 4 bridgehead atoms. The summed E-state index contributed by atoms with van der Waals surface area (Å²) in [5.41, 5.74) is -0.190. The van der Waals surface area contributed by atoms with Crippen molar-refractivity contribution in [3.05, 3.63) is 12.2 Å². The molecule has 0 radical (unpaired) electrons. The van der Waals surface area contributed by atoms with Crippen molar-refractivity contribution in [3.63, 3.8) is 0 Å². The molecule has 0 aliphatic heterocycles. The monoisotopic (exact) mass is 276 g/mol. The van der Waals surface area contributed by atoms with Gasteiger partial charge in [0.2, 0.25) is 0 Å². The third-order valence-corrected chi connectivity index (χ3v) is 6.37. The predicted molar refractivity (Wildman–Crippen MR) is 74.7 cm³/mol. The van der Waals surface area contributed by atoms with E-state index in [1.165, 1.54) is 12.8 Å². The topological polar surface area (TPSA) is 35.5 Å². The quantitative estimate of drug-likeness (QED) is 0.342. The summed E-state index contributed by atoms with van der Waals surface area (Å²) in [6.07, 6.45) is 8.97. The highest BCUT2D eigenvalue weighted by atomic mass is 16.7. The lowest BCUT2D eigenvalue weighted by Gasteiger charge is -2.39. The van der Waals surface area contributed by atoms with Gasteiger partial charge in [0.1, 0.15) is 0 Å². The summed E-state index contributed by atoms with van der Waals surface area (Å²) in [6, 6.07) is 0. The van der Waals surface area contributed by atoms with Gasteiger partial charge >= 0.3 is 5.97 Å². The molecule has 110 valence electrons. The van der Waals surface area contributed by atoms with Crippen molar-refractivity contribution in [2.75, 3.05) is 6.61 Å². The molecule has 0 N–H and O–H groups in total. The van der Waals surface area contributed by atoms with Gasteiger partial charge in [0.05, 0.1) is 5.41 Å². The van der Waals surface area contributed by atoms with Crippen LogP contribution in [-0.2, 0) is 14.3 Å². The van der Waals surface area contributed by atoms with Gasteiger partial charge in [0.25, 0.3) is 0 Å². The average Bonchev–Trinajstić information content (AvgIpc) is 3.17. The Balaban J connectivity index is 1.57. The van der Waals surface area contributed by atoms with Crippen molar-refractivity contribution >= 4 is 5.97 Å². The van der Waals surface area contributed by atoms with Gasteiger partial charge in [0, 0.05) is 6.61 Å². The van der Waals surface area contributed by atoms with Crippen LogP contribution >= 0.6 is 0 Å². The Morgan fingerprint density at radius 2 is 2.20 bits per heavy atom. The zero-order valence-corrected chi connectivity index (χ0v) is 12.4. The summed E-state index contributed by atoms with van der Waals surface area (Å²) in [4.78, 5) is 12.8. The van der Waals surface area contributed by atoms with Gasteiger partial charge < -0.3 is 9.47 Å². The number of ether oxygens (including phenoxy) is 2. The van der Waals surface area contributed by atoms with Gasteiger partial charge in [-0.25, -0.2) is 0 Å². The number of allylic oxidation sites excluding steroid dienone is 2. The third-order valence-electron chi connectivity index (χ3n) is 6.37. The van der Waals surface area contributed by atoms with Gasteiger partial charge in [-0.3, -0.25) is 4.79 Å². The molecule has 3 nitrogen and oxygen atoms in total. The smallest absolute Gasteiger partial charge is 0.314 e. The number of hydrogen-bond donors (Lipinski definition) is 0. The molecule has 0 amide bonds. The number of fused-ring (bicyclic) bond motifs is 9. The summed E-state index contributed by atoms with van der Waals surface area (Å²) < 4.78 is 11.0. The second-order valence-electron chi connectivity index (χ2n) is 7.14. The Labute approximate surface area is 120 Å². The first kappa shape index (κ1) is 12.9. The van der Waals surface area contributed by atoms with E-state index < -0.39 is 6.29 Å². The molecule has 0 heterocycles. The molecule has 3 heteroatoms. The lowest BCUT2D eigenvalue weighted by atomic mass is 9.66. The standard InChI is InChI=1S/C17H24O3/c1-3-19-10(2)20-16(18)17-7-6-13(9-17)14-11-4-5-12(8-11)15(14)17/h4-5,10-15H,3,6-9H2,1-2H3. The van der Waals surface area contributed by atoms with Gasteiger partial charge in [-0.2, -0.15) is 0 Å². The van der Waals surface area contributed by atoms with E-state index in [4.69, 9.17) is 9.47 Å². The molecule has 0 saturated heterocycles. The highest BCUT2D eigenvalue weighted by molar-refractivity contribution is 5.79. The van der Waals surface area contributed by atoms with Crippen molar-refractivity contribution < 1.29 is 14.3 Å². The Morgan fingerprint density at radius 1 is 1.40 bits per heavy atom. The van der Waals surface area contributed by atoms with Crippen LogP contribution in [0.4, 0.5) is 0 Å². The van der Waals surface area contributed by atoms with E-state index in [0.29, 0.717) is 18.4 Å². The molecule has 7 unspecified atom stereocenters. The van der Waals surface area contributed by atoms with E-state index in [0.717, 1.165) is 30.6 Å². The van der Waals surface area contributed by atoms with E-state index in [1.54, 1.807) is 0 Å². The van der Waals surface area contributed by atoms with Gasteiger partial charge in [-0.05, 0) is 69.1 Å². The normalized spacial score (nSPS) is 48.6. The summed E-state index contributed by atoms with van der Waals surface area (Å²) in [7, 11) is 0. The first-order chi connectivity index (χ1) is 9.65. The molecular formula is C17H24O3. The fourth-order valence-corrected chi connectivity index (χ4v) is 5.89. The van der Waals surface area contributed by atoms with Crippen LogP contribution in [0.2, 0.25) is 0 Å². The molecule has 3 fully saturated rings. The molecule has 4 rings (SSSR count). The molecule has 0 aromatic carbocycles. The molecule has 3 saturated carbocycles. The SMILES string of the molecule is CCOC(C)OC(=O)C12CCC(C1)C1C3C=CC(C3)C12. The number of hydrogen-bond acceptors (Lipinski definition) is 3. The maximum absolute atomic E-state index is 12.8. The van der Waals surface area contributed by atoms with Crippen molar-refractivity contribution in [3.8, 4) is 0 Å². The summed E-state index contributed by atoms with van der Waals surface area (Å²) >= 11 is 0. The van der Waals surface area contributed by atoms with Gasteiger partial charge in [0.15, 0.2) is 6.29 Å². The van der Waals surface area contributed by atoms with E-state index in [9.17, 15) is 4.79 Å². The lowest BCUT2D eigenvalue weighted by molar-refractivity contribution is -0.189. The molecule has 4 aliphatic rings. The summed E-state index contributed by atoms with van der Waals surface area (Å²) in [6.45, 7) is 4.35.